The molecule has 140 valence electrons. The van der Waals surface area contributed by atoms with Crippen LogP contribution in [0, 0.1) is 6.92 Å². The van der Waals surface area contributed by atoms with Crippen molar-refractivity contribution in [1.82, 2.24) is 0 Å². The molecule has 0 saturated heterocycles. The summed E-state index contributed by atoms with van der Waals surface area (Å²) in [5.41, 5.74) is 3.56. The smallest absolute Gasteiger partial charge is 0.142 e. The van der Waals surface area contributed by atoms with Crippen LogP contribution in [0.5, 0.6) is 11.5 Å². The Morgan fingerprint density at radius 3 is 2.44 bits per heavy atom. The van der Waals surface area contributed by atoms with Crippen LogP contribution in [-0.2, 0) is 6.42 Å². The first-order valence-corrected chi connectivity index (χ1v) is 9.50. The minimum Gasteiger partial charge on any atom is -0.492 e. The molecule has 3 heteroatoms. The van der Waals surface area contributed by atoms with Crippen molar-refractivity contribution >= 4 is 5.69 Å². The van der Waals surface area contributed by atoms with Crippen LogP contribution in [0.1, 0.15) is 17.5 Å². The maximum atomic E-state index is 5.99. The zero-order chi connectivity index (χ0) is 18.7. The van der Waals surface area contributed by atoms with Crippen molar-refractivity contribution in [1.29, 1.82) is 0 Å². The first kappa shape index (κ1) is 18.8. The second-order valence-corrected chi connectivity index (χ2v) is 6.53. The molecule has 27 heavy (non-hydrogen) atoms. The summed E-state index contributed by atoms with van der Waals surface area (Å²) in [6.45, 7) is 4.09. The summed E-state index contributed by atoms with van der Waals surface area (Å²) in [4.78, 5) is 0. The van der Waals surface area contributed by atoms with Crippen molar-refractivity contribution in [3.63, 3.8) is 0 Å². The Balaban J connectivity index is 1.41. The highest BCUT2D eigenvalue weighted by atomic mass is 16.5. The number of para-hydroxylation sites is 2. The molecular weight excluding hydrogens is 334 g/mol. The van der Waals surface area contributed by atoms with Crippen molar-refractivity contribution < 1.29 is 9.47 Å². The van der Waals surface area contributed by atoms with E-state index in [1.54, 1.807) is 0 Å². The third-order valence-corrected chi connectivity index (χ3v) is 4.27. The molecule has 0 heterocycles. The number of benzene rings is 3. The summed E-state index contributed by atoms with van der Waals surface area (Å²) in [6.07, 6.45) is 2.02. The van der Waals surface area contributed by atoms with E-state index in [1.807, 2.05) is 48.5 Å². The summed E-state index contributed by atoms with van der Waals surface area (Å²) in [6, 6.07) is 26.7. The highest BCUT2D eigenvalue weighted by Gasteiger charge is 2.03. The van der Waals surface area contributed by atoms with Crippen LogP contribution in [0.3, 0.4) is 0 Å². The molecule has 0 bridgehead atoms. The molecule has 1 N–H and O–H groups in total. The molecular formula is C24H27NO2. The van der Waals surface area contributed by atoms with Gasteiger partial charge in [-0.3, -0.25) is 0 Å². The third kappa shape index (κ3) is 6.37. The molecule has 0 aliphatic carbocycles. The van der Waals surface area contributed by atoms with E-state index in [9.17, 15) is 0 Å². The van der Waals surface area contributed by atoms with Crippen LogP contribution in [0.2, 0.25) is 0 Å². The van der Waals surface area contributed by atoms with Gasteiger partial charge in [0.1, 0.15) is 18.1 Å². The predicted molar refractivity (Wildman–Crippen MR) is 112 cm³/mol. The van der Waals surface area contributed by atoms with Crippen LogP contribution in [0.15, 0.2) is 78.9 Å². The number of hydrogen-bond acceptors (Lipinski definition) is 3. The van der Waals surface area contributed by atoms with Gasteiger partial charge in [-0.15, -0.1) is 0 Å². The lowest BCUT2D eigenvalue weighted by atomic mass is 10.1. The largest absolute Gasteiger partial charge is 0.492 e. The molecule has 0 aliphatic heterocycles. The van der Waals surface area contributed by atoms with Gasteiger partial charge in [-0.2, -0.15) is 0 Å². The quantitative estimate of drug-likeness (QED) is 0.484. The van der Waals surface area contributed by atoms with E-state index in [0.29, 0.717) is 13.2 Å². The molecule has 0 unspecified atom stereocenters. The summed E-state index contributed by atoms with van der Waals surface area (Å²) in [5, 5.41) is 3.41. The van der Waals surface area contributed by atoms with E-state index in [2.05, 4.69) is 42.6 Å². The van der Waals surface area contributed by atoms with Gasteiger partial charge in [0.2, 0.25) is 0 Å². The van der Waals surface area contributed by atoms with E-state index in [-0.39, 0.29) is 0 Å². The highest BCUT2D eigenvalue weighted by molar-refractivity contribution is 5.56. The van der Waals surface area contributed by atoms with E-state index in [4.69, 9.17) is 9.47 Å². The van der Waals surface area contributed by atoms with Crippen molar-refractivity contribution in [3.8, 4) is 11.5 Å². The van der Waals surface area contributed by atoms with Gasteiger partial charge in [0.25, 0.3) is 0 Å². The fourth-order valence-electron chi connectivity index (χ4n) is 2.90. The van der Waals surface area contributed by atoms with Gasteiger partial charge in [0.15, 0.2) is 0 Å². The van der Waals surface area contributed by atoms with Gasteiger partial charge >= 0.3 is 0 Å². The molecule has 3 aromatic carbocycles. The summed E-state index contributed by atoms with van der Waals surface area (Å²) in [7, 11) is 0. The number of aryl methyl sites for hydroxylation is 2. The predicted octanol–water partition coefficient (Wildman–Crippen LogP) is 5.50. The average molecular weight is 361 g/mol. The van der Waals surface area contributed by atoms with Crippen LogP contribution in [0.25, 0.3) is 0 Å². The zero-order valence-corrected chi connectivity index (χ0v) is 15.9. The molecule has 0 saturated carbocycles. The molecule has 0 amide bonds. The van der Waals surface area contributed by atoms with Gasteiger partial charge in [0, 0.05) is 6.54 Å². The molecule has 0 aliphatic rings. The maximum Gasteiger partial charge on any atom is 0.142 e. The monoisotopic (exact) mass is 361 g/mol. The van der Waals surface area contributed by atoms with Crippen molar-refractivity contribution in [3.05, 3.63) is 90.0 Å². The number of anilines is 1. The van der Waals surface area contributed by atoms with E-state index < -0.39 is 0 Å². The van der Waals surface area contributed by atoms with E-state index in [0.717, 1.165) is 36.6 Å². The molecule has 0 fully saturated rings. The average Bonchev–Trinajstić information content (AvgIpc) is 2.70. The van der Waals surface area contributed by atoms with E-state index in [1.165, 1.54) is 11.1 Å². The minimum atomic E-state index is 0.603. The number of nitrogens with one attached hydrogen (secondary N) is 1. The Labute approximate surface area is 162 Å². The lowest BCUT2D eigenvalue weighted by Gasteiger charge is -2.14. The lowest BCUT2D eigenvalue weighted by Crippen LogP contribution is -2.12. The van der Waals surface area contributed by atoms with Gasteiger partial charge in [0.05, 0.1) is 12.3 Å². The van der Waals surface area contributed by atoms with Crippen molar-refractivity contribution in [2.75, 3.05) is 25.1 Å². The molecule has 3 rings (SSSR count). The lowest BCUT2D eigenvalue weighted by molar-refractivity contribution is 0.311. The molecule has 3 aromatic rings. The standard InChI is InChI=1S/C24H27NO2/c1-20-9-7-13-22(19-20)26-18-16-25-23-14-5-6-15-24(23)27-17-8-12-21-10-3-2-4-11-21/h2-7,9-11,13-15,19,25H,8,12,16-18H2,1H3. The van der Waals surface area contributed by atoms with Gasteiger partial charge in [-0.1, -0.05) is 54.6 Å². The number of hydrogen-bond donors (Lipinski definition) is 1. The fourth-order valence-corrected chi connectivity index (χ4v) is 2.90. The zero-order valence-electron chi connectivity index (χ0n) is 15.9. The minimum absolute atomic E-state index is 0.603. The second-order valence-electron chi connectivity index (χ2n) is 6.53. The first-order chi connectivity index (χ1) is 13.3. The van der Waals surface area contributed by atoms with Crippen LogP contribution >= 0.6 is 0 Å². The normalized spacial score (nSPS) is 10.4. The molecule has 0 spiro atoms. The van der Waals surface area contributed by atoms with Crippen LogP contribution in [0.4, 0.5) is 5.69 Å². The topological polar surface area (TPSA) is 30.5 Å². The Morgan fingerprint density at radius 1 is 0.778 bits per heavy atom. The van der Waals surface area contributed by atoms with Gasteiger partial charge in [-0.25, -0.2) is 0 Å². The van der Waals surface area contributed by atoms with E-state index >= 15 is 0 Å². The Morgan fingerprint density at radius 2 is 1.59 bits per heavy atom. The van der Waals surface area contributed by atoms with Gasteiger partial charge in [-0.05, 0) is 55.2 Å². The Hall–Kier alpha value is -2.94. The first-order valence-electron chi connectivity index (χ1n) is 9.50. The molecule has 0 aromatic heterocycles. The van der Waals surface area contributed by atoms with Crippen LogP contribution < -0.4 is 14.8 Å². The number of ether oxygens (including phenoxy) is 2. The second kappa shape index (κ2) is 10.3. The molecule has 0 atom stereocenters. The highest BCUT2D eigenvalue weighted by Crippen LogP contribution is 2.24. The van der Waals surface area contributed by atoms with Crippen molar-refractivity contribution in [2.24, 2.45) is 0 Å². The van der Waals surface area contributed by atoms with Crippen molar-refractivity contribution in [2.45, 2.75) is 19.8 Å². The maximum absolute atomic E-state index is 5.99. The fraction of sp³-hybridized carbons (Fsp3) is 0.250. The Kier molecular flexibility index (Phi) is 7.16. The number of rotatable bonds is 10. The summed E-state index contributed by atoms with van der Waals surface area (Å²) < 4.78 is 11.8. The summed E-state index contributed by atoms with van der Waals surface area (Å²) in [5.74, 6) is 1.79. The Bertz CT molecular complexity index is 817. The SMILES string of the molecule is Cc1cccc(OCCNc2ccccc2OCCCc2ccccc2)c1. The summed E-state index contributed by atoms with van der Waals surface area (Å²) >= 11 is 0. The molecule has 0 radical (unpaired) electrons. The third-order valence-electron chi connectivity index (χ3n) is 4.27. The van der Waals surface area contributed by atoms with Gasteiger partial charge < -0.3 is 14.8 Å². The van der Waals surface area contributed by atoms with Crippen LogP contribution in [-0.4, -0.2) is 19.8 Å². The molecule has 3 nitrogen and oxygen atoms in total.